The predicted molar refractivity (Wildman–Crippen MR) is 109 cm³/mol. The van der Waals surface area contributed by atoms with Crippen LogP contribution >= 0.6 is 12.2 Å². The fraction of sp³-hybridized carbons (Fsp3) is 0.167. The largest absolute Gasteiger partial charge is 0.497 e. The van der Waals surface area contributed by atoms with Gasteiger partial charge in [-0.15, -0.1) is 0 Å². The van der Waals surface area contributed by atoms with E-state index in [4.69, 9.17) is 26.4 Å². The van der Waals surface area contributed by atoms with Crippen molar-refractivity contribution in [1.82, 2.24) is 16.2 Å². The Morgan fingerprint density at radius 1 is 0.900 bits per heavy atom. The highest BCUT2D eigenvalue weighted by atomic mass is 32.1. The quantitative estimate of drug-likeness (QED) is 0.316. The van der Waals surface area contributed by atoms with Gasteiger partial charge >= 0.3 is 0 Å². The molecular formula is C18H18N4O7S. The van der Waals surface area contributed by atoms with Crippen LogP contribution < -0.4 is 30.4 Å². The van der Waals surface area contributed by atoms with Crippen LogP contribution in [0.3, 0.4) is 0 Å². The Labute approximate surface area is 176 Å². The Morgan fingerprint density at radius 2 is 1.40 bits per heavy atom. The third kappa shape index (κ3) is 7.59. The van der Waals surface area contributed by atoms with Gasteiger partial charge in [0.05, 0.1) is 12.0 Å². The van der Waals surface area contributed by atoms with Crippen molar-refractivity contribution in [3.8, 4) is 17.2 Å². The summed E-state index contributed by atoms with van der Waals surface area (Å²) in [5.41, 5.74) is 4.49. The summed E-state index contributed by atoms with van der Waals surface area (Å²) in [6.07, 6.45) is 0. The standard InChI is InChI=1S/C18H18N4O7S/c1-27-13-6-8-15(9-7-13)28-10-16(23)19-18(30)21-20-17(24)11-29-14-4-2-12(3-5-14)22(25)26/h2-9H,10-11H2,1H3,(H,20,24)(H2,19,21,23,30). The van der Waals surface area contributed by atoms with E-state index in [9.17, 15) is 19.7 Å². The van der Waals surface area contributed by atoms with E-state index in [0.29, 0.717) is 11.5 Å². The molecule has 12 heteroatoms. The number of hydrogen-bond donors (Lipinski definition) is 3. The molecule has 11 nitrogen and oxygen atoms in total. The van der Waals surface area contributed by atoms with Crippen molar-refractivity contribution >= 4 is 34.8 Å². The fourth-order valence-electron chi connectivity index (χ4n) is 1.99. The number of nitrogens with one attached hydrogen (secondary N) is 3. The van der Waals surface area contributed by atoms with Crippen LogP contribution in [-0.4, -0.2) is 42.2 Å². The topological polar surface area (TPSA) is 141 Å². The van der Waals surface area contributed by atoms with E-state index in [1.807, 2.05) is 0 Å². The number of rotatable bonds is 8. The van der Waals surface area contributed by atoms with Gasteiger partial charge in [0.25, 0.3) is 17.5 Å². The molecule has 2 aromatic carbocycles. The summed E-state index contributed by atoms with van der Waals surface area (Å²) in [5.74, 6) is 0.299. The summed E-state index contributed by atoms with van der Waals surface area (Å²) in [4.78, 5) is 33.6. The van der Waals surface area contributed by atoms with Gasteiger partial charge in [0, 0.05) is 12.1 Å². The monoisotopic (exact) mass is 434 g/mol. The van der Waals surface area contributed by atoms with Gasteiger partial charge < -0.3 is 14.2 Å². The zero-order valence-corrected chi connectivity index (χ0v) is 16.6. The number of amides is 2. The number of nitrogens with zero attached hydrogens (tertiary/aromatic N) is 1. The van der Waals surface area contributed by atoms with Crippen LogP contribution in [0.1, 0.15) is 0 Å². The zero-order chi connectivity index (χ0) is 21.9. The van der Waals surface area contributed by atoms with E-state index < -0.39 is 16.7 Å². The third-order valence-electron chi connectivity index (χ3n) is 3.42. The lowest BCUT2D eigenvalue weighted by atomic mass is 10.3. The fourth-order valence-corrected chi connectivity index (χ4v) is 2.16. The first-order valence-electron chi connectivity index (χ1n) is 8.40. The molecule has 158 valence electrons. The number of nitro benzene ring substituents is 1. The predicted octanol–water partition coefficient (Wildman–Crippen LogP) is 1.08. The number of methoxy groups -OCH3 is 1. The molecule has 0 atom stereocenters. The van der Waals surface area contributed by atoms with Gasteiger partial charge in [0.2, 0.25) is 0 Å². The van der Waals surface area contributed by atoms with Crippen molar-refractivity contribution in [3.63, 3.8) is 0 Å². The second-order valence-electron chi connectivity index (χ2n) is 5.55. The minimum atomic E-state index is -0.584. The summed E-state index contributed by atoms with van der Waals surface area (Å²) < 4.78 is 15.5. The molecule has 0 unspecified atom stereocenters. The van der Waals surface area contributed by atoms with E-state index in [1.54, 1.807) is 24.3 Å². The smallest absolute Gasteiger partial charge is 0.276 e. The molecule has 0 bridgehead atoms. The summed E-state index contributed by atoms with van der Waals surface area (Å²) in [7, 11) is 1.54. The van der Waals surface area contributed by atoms with Crippen molar-refractivity contribution in [1.29, 1.82) is 0 Å². The molecule has 0 aliphatic rings. The molecule has 0 heterocycles. The Hall–Kier alpha value is -3.93. The maximum atomic E-state index is 11.8. The lowest BCUT2D eigenvalue weighted by molar-refractivity contribution is -0.384. The molecule has 0 aliphatic heterocycles. The maximum Gasteiger partial charge on any atom is 0.276 e. The first-order chi connectivity index (χ1) is 14.4. The minimum absolute atomic E-state index is 0.0921. The summed E-state index contributed by atoms with van der Waals surface area (Å²) in [5, 5.41) is 12.8. The molecule has 3 N–H and O–H groups in total. The highest BCUT2D eigenvalue weighted by Gasteiger charge is 2.09. The second-order valence-corrected chi connectivity index (χ2v) is 5.96. The average molecular weight is 434 g/mol. The van der Waals surface area contributed by atoms with Crippen molar-refractivity contribution in [2.45, 2.75) is 0 Å². The number of benzene rings is 2. The van der Waals surface area contributed by atoms with E-state index >= 15 is 0 Å². The lowest BCUT2D eigenvalue weighted by Gasteiger charge is -2.12. The Kier molecular flexibility index (Phi) is 8.32. The normalized spacial score (nSPS) is 9.77. The van der Waals surface area contributed by atoms with Gasteiger partial charge in [-0.1, -0.05) is 0 Å². The average Bonchev–Trinajstić information content (AvgIpc) is 2.75. The van der Waals surface area contributed by atoms with Crippen LogP contribution in [-0.2, 0) is 9.59 Å². The van der Waals surface area contributed by atoms with Crippen LogP contribution in [0.25, 0.3) is 0 Å². The molecule has 0 spiro atoms. The van der Waals surface area contributed by atoms with Gasteiger partial charge in [-0.25, -0.2) is 0 Å². The van der Waals surface area contributed by atoms with Crippen LogP contribution in [0.5, 0.6) is 17.2 Å². The minimum Gasteiger partial charge on any atom is -0.497 e. The molecule has 0 aliphatic carbocycles. The van der Waals surface area contributed by atoms with E-state index in [2.05, 4.69) is 16.2 Å². The van der Waals surface area contributed by atoms with Crippen molar-refractivity contribution in [2.24, 2.45) is 0 Å². The van der Waals surface area contributed by atoms with Gasteiger partial charge in [-0.3, -0.25) is 35.9 Å². The number of hydrogen-bond acceptors (Lipinski definition) is 8. The Morgan fingerprint density at radius 3 is 1.93 bits per heavy atom. The highest BCUT2D eigenvalue weighted by Crippen LogP contribution is 2.17. The van der Waals surface area contributed by atoms with Crippen LogP contribution in [0.2, 0.25) is 0 Å². The first kappa shape index (κ1) is 22.4. The Balaban J connectivity index is 1.64. The number of carbonyl (C=O) groups is 2. The highest BCUT2D eigenvalue weighted by molar-refractivity contribution is 7.80. The van der Waals surface area contributed by atoms with Gasteiger partial charge in [-0.2, -0.15) is 0 Å². The zero-order valence-electron chi connectivity index (χ0n) is 15.7. The van der Waals surface area contributed by atoms with Crippen LogP contribution in [0.15, 0.2) is 48.5 Å². The molecule has 0 fully saturated rings. The maximum absolute atomic E-state index is 11.8. The lowest BCUT2D eigenvalue weighted by Crippen LogP contribution is -2.50. The SMILES string of the molecule is COc1ccc(OCC(=O)NC(=S)NNC(=O)COc2ccc([N+](=O)[O-])cc2)cc1. The number of carbonyl (C=O) groups excluding carboxylic acids is 2. The summed E-state index contributed by atoms with van der Waals surface area (Å²) in [6, 6.07) is 11.9. The molecule has 0 saturated heterocycles. The molecule has 2 aromatic rings. The van der Waals surface area contributed by atoms with Crippen molar-refractivity contribution in [2.75, 3.05) is 20.3 Å². The van der Waals surface area contributed by atoms with Gasteiger partial charge in [-0.05, 0) is 48.6 Å². The van der Waals surface area contributed by atoms with E-state index in [-0.39, 0.29) is 29.8 Å². The third-order valence-corrected chi connectivity index (χ3v) is 3.62. The Bertz CT molecular complexity index is 904. The molecule has 0 aromatic heterocycles. The number of ether oxygens (including phenoxy) is 3. The van der Waals surface area contributed by atoms with Crippen molar-refractivity contribution < 1.29 is 28.7 Å². The number of nitro groups is 1. The first-order valence-corrected chi connectivity index (χ1v) is 8.81. The van der Waals surface area contributed by atoms with Gasteiger partial charge in [0.15, 0.2) is 18.3 Å². The number of hydrazine groups is 1. The van der Waals surface area contributed by atoms with Gasteiger partial charge in [0.1, 0.15) is 17.2 Å². The molecule has 0 radical (unpaired) electrons. The summed E-state index contributed by atoms with van der Waals surface area (Å²) in [6.45, 7) is -0.659. The summed E-state index contributed by atoms with van der Waals surface area (Å²) >= 11 is 4.89. The van der Waals surface area contributed by atoms with E-state index in [0.717, 1.165) is 0 Å². The number of thiocarbonyl (C=S) groups is 1. The van der Waals surface area contributed by atoms with Crippen LogP contribution in [0.4, 0.5) is 5.69 Å². The molecule has 30 heavy (non-hydrogen) atoms. The molecular weight excluding hydrogens is 416 g/mol. The molecule has 0 saturated carbocycles. The number of non-ortho nitro benzene ring substituents is 1. The van der Waals surface area contributed by atoms with Crippen molar-refractivity contribution in [3.05, 3.63) is 58.6 Å². The van der Waals surface area contributed by atoms with Crippen LogP contribution in [0, 0.1) is 10.1 Å². The van der Waals surface area contributed by atoms with E-state index in [1.165, 1.54) is 31.4 Å². The second kappa shape index (κ2) is 11.2. The molecule has 2 rings (SSSR count). The molecule has 2 amide bonds.